The first-order chi connectivity index (χ1) is 13.0. The normalized spacial score (nSPS) is 16.3. The van der Waals surface area contributed by atoms with Crippen LogP contribution in [0.3, 0.4) is 0 Å². The fourth-order valence-corrected chi connectivity index (χ4v) is 3.27. The minimum atomic E-state index is -0.426. The number of amides is 2. The number of nitrogens with one attached hydrogen (secondary N) is 1. The van der Waals surface area contributed by atoms with E-state index in [1.807, 2.05) is 31.2 Å². The summed E-state index contributed by atoms with van der Waals surface area (Å²) in [5.74, 6) is 0.570. The van der Waals surface area contributed by atoms with E-state index in [1.165, 1.54) is 7.11 Å². The molecular formula is C20H21ClN2O4. The van der Waals surface area contributed by atoms with Gasteiger partial charge in [-0.2, -0.15) is 0 Å². The van der Waals surface area contributed by atoms with Crippen LogP contribution in [0.4, 0.5) is 11.4 Å². The molecule has 1 atom stereocenters. The molecule has 1 saturated heterocycles. The average Bonchev–Trinajstić information content (AvgIpc) is 3.05. The van der Waals surface area contributed by atoms with Crippen molar-refractivity contribution in [3.63, 3.8) is 0 Å². The van der Waals surface area contributed by atoms with E-state index in [4.69, 9.17) is 21.1 Å². The van der Waals surface area contributed by atoms with E-state index in [9.17, 15) is 9.59 Å². The van der Waals surface area contributed by atoms with Crippen LogP contribution >= 0.6 is 11.6 Å². The first-order valence-corrected chi connectivity index (χ1v) is 9.07. The van der Waals surface area contributed by atoms with Crippen molar-refractivity contribution in [2.75, 3.05) is 30.5 Å². The lowest BCUT2D eigenvalue weighted by atomic mass is 10.1. The summed E-state index contributed by atoms with van der Waals surface area (Å²) in [4.78, 5) is 26.6. The molecule has 7 heteroatoms. The lowest BCUT2D eigenvalue weighted by Gasteiger charge is -2.17. The number of methoxy groups -OCH3 is 1. The molecule has 1 aliphatic heterocycles. The molecule has 0 aliphatic carbocycles. The Morgan fingerprint density at radius 1 is 1.26 bits per heavy atom. The van der Waals surface area contributed by atoms with Gasteiger partial charge in [-0.3, -0.25) is 9.59 Å². The molecule has 142 valence electrons. The summed E-state index contributed by atoms with van der Waals surface area (Å²) in [6.07, 6.45) is 0.170. The minimum Gasteiger partial charge on any atom is -0.495 e. The molecule has 0 radical (unpaired) electrons. The highest BCUT2D eigenvalue weighted by atomic mass is 35.5. The van der Waals surface area contributed by atoms with Crippen molar-refractivity contribution in [3.05, 3.63) is 47.5 Å². The molecular weight excluding hydrogens is 368 g/mol. The number of hydrogen-bond donors (Lipinski definition) is 1. The summed E-state index contributed by atoms with van der Waals surface area (Å²) >= 11 is 6.09. The second kappa shape index (κ2) is 8.31. The predicted molar refractivity (Wildman–Crippen MR) is 105 cm³/mol. The number of halogens is 1. The lowest BCUT2D eigenvalue weighted by molar-refractivity contribution is -0.122. The van der Waals surface area contributed by atoms with E-state index < -0.39 is 5.92 Å². The Morgan fingerprint density at radius 3 is 2.63 bits per heavy atom. The Kier molecular flexibility index (Phi) is 5.86. The van der Waals surface area contributed by atoms with Crippen molar-refractivity contribution in [1.82, 2.24) is 0 Å². The molecule has 27 heavy (non-hydrogen) atoms. The Bertz CT molecular complexity index is 838. The molecule has 0 spiro atoms. The van der Waals surface area contributed by atoms with Crippen LogP contribution < -0.4 is 19.7 Å². The number of nitrogens with zero attached hydrogens (tertiary/aromatic N) is 1. The van der Waals surface area contributed by atoms with Gasteiger partial charge >= 0.3 is 0 Å². The largest absolute Gasteiger partial charge is 0.495 e. The van der Waals surface area contributed by atoms with E-state index in [0.717, 1.165) is 11.4 Å². The first kappa shape index (κ1) is 19.0. The molecule has 2 aromatic rings. The van der Waals surface area contributed by atoms with Crippen LogP contribution in [0.2, 0.25) is 5.02 Å². The summed E-state index contributed by atoms with van der Waals surface area (Å²) in [7, 11) is 1.53. The van der Waals surface area contributed by atoms with Crippen molar-refractivity contribution in [2.24, 2.45) is 5.92 Å². The Hall–Kier alpha value is -2.73. The molecule has 0 aromatic heterocycles. The topological polar surface area (TPSA) is 67.9 Å². The molecule has 6 nitrogen and oxygen atoms in total. The van der Waals surface area contributed by atoms with E-state index in [1.54, 1.807) is 23.1 Å². The highest BCUT2D eigenvalue weighted by Crippen LogP contribution is 2.30. The summed E-state index contributed by atoms with van der Waals surface area (Å²) in [6, 6.07) is 12.3. The zero-order chi connectivity index (χ0) is 19.4. The highest BCUT2D eigenvalue weighted by molar-refractivity contribution is 6.32. The van der Waals surface area contributed by atoms with E-state index >= 15 is 0 Å². The van der Waals surface area contributed by atoms with Crippen LogP contribution in [-0.2, 0) is 9.59 Å². The number of ether oxygens (including phenoxy) is 2. The lowest BCUT2D eigenvalue weighted by Crippen LogP contribution is -2.28. The molecule has 1 fully saturated rings. The van der Waals surface area contributed by atoms with Gasteiger partial charge in [0.05, 0.1) is 24.7 Å². The van der Waals surface area contributed by atoms with Gasteiger partial charge < -0.3 is 19.7 Å². The maximum atomic E-state index is 12.6. The van der Waals surface area contributed by atoms with Crippen LogP contribution in [0.1, 0.15) is 13.3 Å². The van der Waals surface area contributed by atoms with Gasteiger partial charge in [-0.15, -0.1) is 0 Å². The van der Waals surface area contributed by atoms with Crippen LogP contribution in [0.15, 0.2) is 42.5 Å². The standard InChI is InChI=1S/C20H21ClN2O4/c1-3-27-16-7-5-15(6-8-16)23-12-13(10-19(23)24)20(25)22-14-4-9-18(26-2)17(21)11-14/h4-9,11,13H,3,10,12H2,1-2H3,(H,22,25). The van der Waals surface area contributed by atoms with Gasteiger partial charge in [0, 0.05) is 24.3 Å². The molecule has 0 bridgehead atoms. The molecule has 2 amide bonds. The van der Waals surface area contributed by atoms with Gasteiger partial charge in [-0.25, -0.2) is 0 Å². The van der Waals surface area contributed by atoms with E-state index in [-0.39, 0.29) is 18.2 Å². The zero-order valence-corrected chi connectivity index (χ0v) is 16.0. The molecule has 1 heterocycles. The molecule has 1 N–H and O–H groups in total. The second-order valence-electron chi connectivity index (χ2n) is 6.17. The number of benzene rings is 2. The third-order valence-corrected chi connectivity index (χ3v) is 4.67. The zero-order valence-electron chi connectivity index (χ0n) is 15.2. The number of rotatable bonds is 6. The summed E-state index contributed by atoms with van der Waals surface area (Å²) in [5, 5.41) is 3.23. The predicted octanol–water partition coefficient (Wildman–Crippen LogP) is 3.74. The van der Waals surface area contributed by atoms with Gasteiger partial charge in [-0.1, -0.05) is 11.6 Å². The summed E-state index contributed by atoms with van der Waals surface area (Å²) in [5.41, 5.74) is 1.32. The van der Waals surface area contributed by atoms with Crippen LogP contribution in [0.5, 0.6) is 11.5 Å². The SMILES string of the molecule is CCOc1ccc(N2CC(C(=O)Nc3ccc(OC)c(Cl)c3)CC2=O)cc1. The summed E-state index contributed by atoms with van der Waals surface area (Å²) < 4.78 is 10.5. The van der Waals surface area contributed by atoms with Crippen LogP contribution in [0.25, 0.3) is 0 Å². The monoisotopic (exact) mass is 388 g/mol. The highest BCUT2D eigenvalue weighted by Gasteiger charge is 2.35. The number of carbonyl (C=O) groups excluding carboxylic acids is 2. The fourth-order valence-electron chi connectivity index (χ4n) is 3.01. The molecule has 1 unspecified atom stereocenters. The molecule has 1 aliphatic rings. The van der Waals surface area contributed by atoms with Gasteiger partial charge in [-0.05, 0) is 49.4 Å². The third kappa shape index (κ3) is 4.34. The Balaban J connectivity index is 1.65. The van der Waals surface area contributed by atoms with E-state index in [2.05, 4.69) is 5.32 Å². The van der Waals surface area contributed by atoms with Gasteiger partial charge in [0.15, 0.2) is 0 Å². The summed E-state index contributed by atoms with van der Waals surface area (Å²) in [6.45, 7) is 2.83. The second-order valence-corrected chi connectivity index (χ2v) is 6.58. The van der Waals surface area contributed by atoms with Crippen molar-refractivity contribution < 1.29 is 19.1 Å². The Labute approximate surface area is 163 Å². The van der Waals surface area contributed by atoms with Crippen molar-refractivity contribution in [1.29, 1.82) is 0 Å². The number of anilines is 2. The van der Waals surface area contributed by atoms with Crippen molar-refractivity contribution in [2.45, 2.75) is 13.3 Å². The number of hydrogen-bond acceptors (Lipinski definition) is 4. The maximum Gasteiger partial charge on any atom is 0.229 e. The maximum absolute atomic E-state index is 12.6. The van der Waals surface area contributed by atoms with Gasteiger partial charge in [0.25, 0.3) is 0 Å². The quantitative estimate of drug-likeness (QED) is 0.818. The van der Waals surface area contributed by atoms with E-state index in [0.29, 0.717) is 29.6 Å². The van der Waals surface area contributed by atoms with Crippen LogP contribution in [0, 0.1) is 5.92 Å². The first-order valence-electron chi connectivity index (χ1n) is 8.69. The van der Waals surface area contributed by atoms with Crippen molar-refractivity contribution in [3.8, 4) is 11.5 Å². The fraction of sp³-hybridized carbons (Fsp3) is 0.300. The minimum absolute atomic E-state index is 0.0768. The van der Waals surface area contributed by atoms with Crippen LogP contribution in [-0.4, -0.2) is 32.1 Å². The van der Waals surface area contributed by atoms with Gasteiger partial charge in [0.1, 0.15) is 11.5 Å². The van der Waals surface area contributed by atoms with Crippen molar-refractivity contribution >= 4 is 34.8 Å². The number of carbonyl (C=O) groups is 2. The molecule has 0 saturated carbocycles. The Morgan fingerprint density at radius 2 is 2.00 bits per heavy atom. The third-order valence-electron chi connectivity index (χ3n) is 4.37. The van der Waals surface area contributed by atoms with Gasteiger partial charge in [0.2, 0.25) is 11.8 Å². The average molecular weight is 389 g/mol. The molecule has 3 rings (SSSR count). The molecule has 2 aromatic carbocycles. The smallest absolute Gasteiger partial charge is 0.229 e.